The van der Waals surface area contributed by atoms with Crippen LogP contribution in [0.4, 0.5) is 0 Å². The van der Waals surface area contributed by atoms with Crippen LogP contribution in [0.15, 0.2) is 53.4 Å². The van der Waals surface area contributed by atoms with Crippen LogP contribution in [-0.4, -0.2) is 31.8 Å². The van der Waals surface area contributed by atoms with E-state index in [0.29, 0.717) is 6.42 Å². The molecule has 0 atom stereocenters. The maximum Gasteiger partial charge on any atom is 0.240 e. The molecule has 0 saturated heterocycles. The fourth-order valence-electron chi connectivity index (χ4n) is 2.29. The maximum atomic E-state index is 12.2. The van der Waals surface area contributed by atoms with Crippen molar-refractivity contribution in [1.29, 1.82) is 0 Å². The van der Waals surface area contributed by atoms with Crippen LogP contribution in [0.5, 0.6) is 0 Å². The summed E-state index contributed by atoms with van der Waals surface area (Å²) in [6.07, 6.45) is 0.586. The molecule has 24 heavy (non-hydrogen) atoms. The first-order valence-corrected chi connectivity index (χ1v) is 9.29. The molecule has 2 rings (SSSR count). The molecule has 2 aromatic rings. The smallest absolute Gasteiger partial charge is 0.240 e. The zero-order valence-electron chi connectivity index (χ0n) is 13.6. The van der Waals surface area contributed by atoms with Gasteiger partial charge in [0.25, 0.3) is 0 Å². The van der Waals surface area contributed by atoms with E-state index in [1.165, 1.54) is 0 Å². The van der Waals surface area contributed by atoms with Crippen LogP contribution < -0.4 is 4.72 Å². The summed E-state index contributed by atoms with van der Waals surface area (Å²) in [5.74, 6) is -0.170. The maximum absolute atomic E-state index is 12.2. The molecular weight excluding hydrogens is 326 g/mol. The molecule has 0 aliphatic carbocycles. The summed E-state index contributed by atoms with van der Waals surface area (Å²) in [7, 11) is -3.53. The summed E-state index contributed by atoms with van der Waals surface area (Å²) in [6.45, 7) is 1.99. The second-order valence-corrected chi connectivity index (χ2v) is 7.66. The Morgan fingerprint density at radius 3 is 2.00 bits per heavy atom. The Labute approximate surface area is 143 Å². The monoisotopic (exact) mass is 349 g/mol. The molecule has 0 fully saturated rings. The van der Waals surface area contributed by atoms with Gasteiger partial charge >= 0.3 is 0 Å². The van der Waals surface area contributed by atoms with E-state index in [9.17, 15) is 8.42 Å². The molecule has 5 nitrogen and oxygen atoms in total. The van der Waals surface area contributed by atoms with Gasteiger partial charge in [0.05, 0.1) is 4.90 Å². The van der Waals surface area contributed by atoms with E-state index in [4.69, 9.17) is 10.2 Å². The number of hydrogen-bond acceptors (Lipinski definition) is 4. The average Bonchev–Trinajstić information content (AvgIpc) is 2.59. The fraction of sp³-hybridized carbons (Fsp3) is 0.333. The highest BCUT2D eigenvalue weighted by Crippen LogP contribution is 2.13. The minimum absolute atomic E-state index is 0.0609. The second kappa shape index (κ2) is 8.39. The van der Waals surface area contributed by atoms with Crippen LogP contribution in [0.25, 0.3) is 0 Å². The number of aryl methyl sites for hydroxylation is 1. The van der Waals surface area contributed by atoms with E-state index >= 15 is 0 Å². The van der Waals surface area contributed by atoms with Crippen LogP contribution in [0.1, 0.15) is 16.7 Å². The van der Waals surface area contributed by atoms with E-state index in [-0.39, 0.29) is 30.6 Å². The van der Waals surface area contributed by atoms with Crippen molar-refractivity contribution in [3.05, 3.63) is 65.2 Å². The highest BCUT2D eigenvalue weighted by Gasteiger charge is 2.13. The van der Waals surface area contributed by atoms with Gasteiger partial charge in [-0.3, -0.25) is 0 Å². The minimum atomic E-state index is -3.53. The number of sulfonamides is 1. The summed E-state index contributed by atoms with van der Waals surface area (Å²) >= 11 is 0. The number of aliphatic hydroxyl groups excluding tert-OH is 2. The lowest BCUT2D eigenvalue weighted by molar-refractivity contribution is 0.150. The summed E-state index contributed by atoms with van der Waals surface area (Å²) in [4.78, 5) is 0.249. The zero-order chi connectivity index (χ0) is 17.6. The molecule has 0 radical (unpaired) electrons. The predicted molar refractivity (Wildman–Crippen MR) is 93.0 cm³/mol. The van der Waals surface area contributed by atoms with Gasteiger partial charge in [-0.2, -0.15) is 0 Å². The van der Waals surface area contributed by atoms with Crippen molar-refractivity contribution in [2.45, 2.75) is 24.8 Å². The van der Waals surface area contributed by atoms with Crippen molar-refractivity contribution >= 4 is 10.0 Å². The first-order valence-electron chi connectivity index (χ1n) is 7.80. The Bertz CT molecular complexity index is 736. The molecule has 130 valence electrons. The van der Waals surface area contributed by atoms with E-state index < -0.39 is 10.0 Å². The molecule has 0 heterocycles. The van der Waals surface area contributed by atoms with Crippen LogP contribution in [0.2, 0.25) is 0 Å². The molecule has 6 heteroatoms. The third-order valence-corrected chi connectivity index (χ3v) is 5.28. The topological polar surface area (TPSA) is 86.6 Å². The van der Waals surface area contributed by atoms with Gasteiger partial charge in [0.1, 0.15) is 0 Å². The highest BCUT2D eigenvalue weighted by molar-refractivity contribution is 7.89. The van der Waals surface area contributed by atoms with Crippen molar-refractivity contribution in [2.75, 3.05) is 13.2 Å². The third-order valence-electron chi connectivity index (χ3n) is 3.86. The van der Waals surface area contributed by atoms with E-state index in [1.54, 1.807) is 24.3 Å². The number of aliphatic hydroxyl groups is 2. The minimum Gasteiger partial charge on any atom is -0.396 e. The number of nitrogens with one attached hydrogen (secondary N) is 1. The summed E-state index contributed by atoms with van der Waals surface area (Å²) in [6, 6.07) is 14.2. The van der Waals surface area contributed by atoms with Gasteiger partial charge < -0.3 is 10.2 Å². The highest BCUT2D eigenvalue weighted by atomic mass is 32.2. The van der Waals surface area contributed by atoms with Gasteiger partial charge in [-0.15, -0.1) is 0 Å². The first kappa shape index (κ1) is 18.6. The molecule has 0 aliphatic heterocycles. The molecule has 0 aliphatic rings. The quantitative estimate of drug-likeness (QED) is 0.676. The molecule has 0 spiro atoms. The van der Waals surface area contributed by atoms with Crippen molar-refractivity contribution in [3.63, 3.8) is 0 Å². The Hall–Kier alpha value is -1.73. The van der Waals surface area contributed by atoms with Crippen molar-refractivity contribution in [3.8, 4) is 0 Å². The molecular formula is C18H23NO4S. The lowest BCUT2D eigenvalue weighted by Gasteiger charge is -2.11. The molecule has 3 N–H and O–H groups in total. The number of benzene rings is 2. The largest absolute Gasteiger partial charge is 0.396 e. The van der Waals surface area contributed by atoms with Crippen molar-refractivity contribution in [2.24, 2.45) is 5.92 Å². The van der Waals surface area contributed by atoms with Crippen molar-refractivity contribution in [1.82, 2.24) is 4.72 Å². The van der Waals surface area contributed by atoms with Crippen LogP contribution >= 0.6 is 0 Å². The molecule has 0 amide bonds. The van der Waals surface area contributed by atoms with Gasteiger partial charge in [-0.05, 0) is 36.6 Å². The third kappa shape index (κ3) is 5.14. The number of hydrogen-bond donors (Lipinski definition) is 3. The zero-order valence-corrected chi connectivity index (χ0v) is 14.5. The van der Waals surface area contributed by atoms with Gasteiger partial charge in [0.2, 0.25) is 10.0 Å². The van der Waals surface area contributed by atoms with Gasteiger partial charge in [-0.1, -0.05) is 42.0 Å². The van der Waals surface area contributed by atoms with E-state index in [2.05, 4.69) is 4.72 Å². The molecule has 0 saturated carbocycles. The SMILES string of the molecule is Cc1ccc(S(=O)(=O)NCc2ccc(CC(CO)CO)cc2)cc1. The Kier molecular flexibility index (Phi) is 6.51. The van der Waals surface area contributed by atoms with E-state index in [0.717, 1.165) is 16.7 Å². The Morgan fingerprint density at radius 1 is 0.917 bits per heavy atom. The summed E-state index contributed by atoms with van der Waals surface area (Å²) in [5.41, 5.74) is 2.85. The van der Waals surface area contributed by atoms with Crippen LogP contribution in [0, 0.1) is 12.8 Å². The van der Waals surface area contributed by atoms with Crippen molar-refractivity contribution < 1.29 is 18.6 Å². The lowest BCUT2D eigenvalue weighted by Crippen LogP contribution is -2.23. The molecule has 2 aromatic carbocycles. The second-order valence-electron chi connectivity index (χ2n) is 5.89. The van der Waals surface area contributed by atoms with Gasteiger partial charge in [0, 0.05) is 25.7 Å². The van der Waals surface area contributed by atoms with Crippen LogP contribution in [-0.2, 0) is 23.0 Å². The summed E-state index contributed by atoms with van der Waals surface area (Å²) in [5, 5.41) is 18.2. The standard InChI is InChI=1S/C18H23NO4S/c1-14-2-8-18(9-3-14)24(22,23)19-11-16-6-4-15(5-7-16)10-17(12-20)13-21/h2-9,17,19-21H,10-13H2,1H3. The molecule has 0 unspecified atom stereocenters. The first-order chi connectivity index (χ1) is 11.4. The lowest BCUT2D eigenvalue weighted by atomic mass is 10.00. The molecule has 0 bridgehead atoms. The van der Waals surface area contributed by atoms with E-state index in [1.807, 2.05) is 31.2 Å². The van der Waals surface area contributed by atoms with Gasteiger partial charge in [-0.25, -0.2) is 13.1 Å². The normalized spacial score (nSPS) is 11.8. The van der Waals surface area contributed by atoms with Crippen LogP contribution in [0.3, 0.4) is 0 Å². The Morgan fingerprint density at radius 2 is 1.46 bits per heavy atom. The average molecular weight is 349 g/mol. The predicted octanol–water partition coefficient (Wildman–Crippen LogP) is 1.62. The molecule has 0 aromatic heterocycles. The van der Waals surface area contributed by atoms with Gasteiger partial charge in [0.15, 0.2) is 0 Å². The number of rotatable bonds is 8. The fourth-order valence-corrected chi connectivity index (χ4v) is 3.31. The Balaban J connectivity index is 1.97. The summed E-state index contributed by atoms with van der Waals surface area (Å²) < 4.78 is 27.1.